The Morgan fingerprint density at radius 3 is 2.64 bits per heavy atom. The smallest absolute Gasteiger partial charge is 0.303 e. The molecule has 3 aromatic rings. The highest BCUT2D eigenvalue weighted by Gasteiger charge is 2.36. The number of aryl methyl sites for hydroxylation is 1. The SMILES string of the molecule is COc1ccc2ncc(CN)c(CCCC3(CC(=O)O)CCN(CCOc4cc(F)cc(F)c4F)CC3)c2c1. The van der Waals surface area contributed by atoms with E-state index in [9.17, 15) is 23.1 Å². The summed E-state index contributed by atoms with van der Waals surface area (Å²) in [5.41, 5.74) is 8.61. The van der Waals surface area contributed by atoms with E-state index >= 15 is 0 Å². The summed E-state index contributed by atoms with van der Waals surface area (Å²) < 4.78 is 51.3. The lowest BCUT2D eigenvalue weighted by atomic mass is 9.72. The van der Waals surface area contributed by atoms with Crippen LogP contribution in [0.2, 0.25) is 0 Å². The highest BCUT2D eigenvalue weighted by molar-refractivity contribution is 5.84. The number of pyridine rings is 1. The largest absolute Gasteiger partial charge is 0.497 e. The normalized spacial score (nSPS) is 15.4. The van der Waals surface area contributed by atoms with E-state index in [1.165, 1.54) is 0 Å². The maximum Gasteiger partial charge on any atom is 0.303 e. The van der Waals surface area contributed by atoms with E-state index in [0.717, 1.165) is 53.1 Å². The fourth-order valence-electron chi connectivity index (χ4n) is 5.52. The first-order valence-electron chi connectivity index (χ1n) is 13.1. The average Bonchev–Trinajstić information content (AvgIpc) is 2.91. The molecule has 0 saturated carbocycles. The molecule has 0 unspecified atom stereocenters. The fourth-order valence-corrected chi connectivity index (χ4v) is 5.52. The van der Waals surface area contributed by atoms with Crippen LogP contribution in [0.25, 0.3) is 10.9 Å². The number of rotatable bonds is 12. The molecule has 1 aromatic heterocycles. The molecule has 1 fully saturated rings. The van der Waals surface area contributed by atoms with Crippen molar-refractivity contribution in [3.63, 3.8) is 0 Å². The van der Waals surface area contributed by atoms with Crippen molar-refractivity contribution in [3.05, 3.63) is 65.1 Å². The van der Waals surface area contributed by atoms with Gasteiger partial charge in [-0.3, -0.25) is 14.7 Å². The van der Waals surface area contributed by atoms with Gasteiger partial charge in [0.15, 0.2) is 11.6 Å². The van der Waals surface area contributed by atoms with Crippen LogP contribution in [0.15, 0.2) is 36.5 Å². The second-order valence-electron chi connectivity index (χ2n) is 10.2. The first-order chi connectivity index (χ1) is 18.7. The van der Waals surface area contributed by atoms with Crippen LogP contribution in [0.5, 0.6) is 11.5 Å². The number of nitrogens with two attached hydrogens (primary N) is 1. The molecule has 210 valence electrons. The Balaban J connectivity index is 1.37. The number of carboxylic acids is 1. The zero-order chi connectivity index (χ0) is 28.0. The number of methoxy groups -OCH3 is 1. The van der Waals surface area contributed by atoms with Gasteiger partial charge in [0.05, 0.1) is 19.0 Å². The molecule has 0 amide bonds. The van der Waals surface area contributed by atoms with Crippen LogP contribution in [0.3, 0.4) is 0 Å². The second-order valence-corrected chi connectivity index (χ2v) is 10.2. The molecule has 1 aliphatic rings. The monoisotopic (exact) mass is 545 g/mol. The molecule has 2 heterocycles. The van der Waals surface area contributed by atoms with Gasteiger partial charge < -0.3 is 20.3 Å². The highest BCUT2D eigenvalue weighted by atomic mass is 19.2. The van der Waals surface area contributed by atoms with Crippen molar-refractivity contribution in [2.45, 2.75) is 45.1 Å². The van der Waals surface area contributed by atoms with Crippen LogP contribution in [0.1, 0.15) is 43.2 Å². The van der Waals surface area contributed by atoms with Crippen LogP contribution < -0.4 is 15.2 Å². The zero-order valence-corrected chi connectivity index (χ0v) is 22.0. The molecule has 4 rings (SSSR count). The minimum atomic E-state index is -1.29. The van der Waals surface area contributed by atoms with Crippen molar-refractivity contribution in [2.24, 2.45) is 11.1 Å². The molecule has 0 atom stereocenters. The number of fused-ring (bicyclic) bond motifs is 1. The molecular weight excluding hydrogens is 511 g/mol. The summed E-state index contributed by atoms with van der Waals surface area (Å²) in [5.74, 6) is -3.95. The average molecular weight is 546 g/mol. The third-order valence-corrected chi connectivity index (χ3v) is 7.70. The Labute approximate surface area is 225 Å². The number of aliphatic carboxylic acids is 1. The zero-order valence-electron chi connectivity index (χ0n) is 22.0. The molecule has 0 aliphatic carbocycles. The Bertz CT molecular complexity index is 1310. The van der Waals surface area contributed by atoms with Gasteiger partial charge in [0.2, 0.25) is 5.82 Å². The van der Waals surface area contributed by atoms with Gasteiger partial charge in [0.25, 0.3) is 0 Å². The third kappa shape index (κ3) is 6.99. The van der Waals surface area contributed by atoms with Crippen molar-refractivity contribution in [1.82, 2.24) is 9.88 Å². The summed E-state index contributed by atoms with van der Waals surface area (Å²) in [4.78, 5) is 18.4. The third-order valence-electron chi connectivity index (χ3n) is 7.70. The number of piperidine rings is 1. The van der Waals surface area contributed by atoms with Gasteiger partial charge in [-0.1, -0.05) is 0 Å². The summed E-state index contributed by atoms with van der Waals surface area (Å²) in [7, 11) is 1.62. The van der Waals surface area contributed by atoms with Crippen molar-refractivity contribution < 1.29 is 32.5 Å². The lowest BCUT2D eigenvalue weighted by Gasteiger charge is -2.41. The van der Waals surface area contributed by atoms with Crippen LogP contribution in [-0.2, 0) is 17.8 Å². The Morgan fingerprint density at radius 2 is 1.95 bits per heavy atom. The number of hydrogen-bond acceptors (Lipinski definition) is 6. The van der Waals surface area contributed by atoms with E-state index in [1.807, 2.05) is 24.4 Å². The summed E-state index contributed by atoms with van der Waals surface area (Å²) >= 11 is 0. The van der Waals surface area contributed by atoms with Gasteiger partial charge in [-0.05, 0) is 79.9 Å². The predicted molar refractivity (Wildman–Crippen MR) is 141 cm³/mol. The number of carboxylic acid groups (broad SMARTS) is 1. The number of likely N-dealkylation sites (tertiary alicyclic amines) is 1. The minimum Gasteiger partial charge on any atom is -0.497 e. The summed E-state index contributed by atoms with van der Waals surface area (Å²) in [6.45, 7) is 2.16. The summed E-state index contributed by atoms with van der Waals surface area (Å²) in [6.07, 6.45) is 5.56. The first-order valence-corrected chi connectivity index (χ1v) is 13.1. The van der Waals surface area contributed by atoms with E-state index in [1.54, 1.807) is 7.11 Å². The summed E-state index contributed by atoms with van der Waals surface area (Å²) in [5, 5.41) is 10.7. The van der Waals surface area contributed by atoms with Gasteiger partial charge in [-0.25, -0.2) is 8.78 Å². The Kier molecular flexibility index (Phi) is 9.29. The molecule has 7 nitrogen and oxygen atoms in total. The number of hydrogen-bond donors (Lipinski definition) is 2. The highest BCUT2D eigenvalue weighted by Crippen LogP contribution is 2.40. The maximum absolute atomic E-state index is 13.8. The first kappa shape index (κ1) is 28.6. The van der Waals surface area contributed by atoms with Crippen LogP contribution in [-0.4, -0.2) is 54.3 Å². The lowest BCUT2D eigenvalue weighted by Crippen LogP contribution is -2.42. The van der Waals surface area contributed by atoms with Crippen LogP contribution in [0.4, 0.5) is 13.2 Å². The predicted octanol–water partition coefficient (Wildman–Crippen LogP) is 5.08. The molecule has 0 radical (unpaired) electrons. The summed E-state index contributed by atoms with van der Waals surface area (Å²) in [6, 6.07) is 7.05. The van der Waals surface area contributed by atoms with Gasteiger partial charge in [-0.15, -0.1) is 0 Å². The number of benzene rings is 2. The lowest BCUT2D eigenvalue weighted by molar-refractivity contribution is -0.140. The van der Waals surface area contributed by atoms with Crippen molar-refractivity contribution in [1.29, 1.82) is 0 Å². The van der Waals surface area contributed by atoms with Gasteiger partial charge in [0, 0.05) is 36.8 Å². The minimum absolute atomic E-state index is 0.0617. The Morgan fingerprint density at radius 1 is 1.18 bits per heavy atom. The topological polar surface area (TPSA) is 97.9 Å². The van der Waals surface area contributed by atoms with E-state index < -0.39 is 29.2 Å². The second kappa shape index (κ2) is 12.7. The number of aromatic nitrogens is 1. The van der Waals surface area contributed by atoms with Crippen molar-refractivity contribution in [2.75, 3.05) is 33.4 Å². The molecule has 1 aliphatic heterocycles. The molecule has 39 heavy (non-hydrogen) atoms. The molecule has 1 saturated heterocycles. The Hall–Kier alpha value is -3.37. The molecule has 0 spiro atoms. The number of carbonyl (C=O) groups is 1. The maximum atomic E-state index is 13.8. The van der Waals surface area contributed by atoms with Gasteiger partial charge in [-0.2, -0.15) is 4.39 Å². The quantitative estimate of drug-likeness (QED) is 0.307. The van der Waals surface area contributed by atoms with Crippen LogP contribution in [0, 0.1) is 22.9 Å². The number of nitrogens with zero attached hydrogens (tertiary/aromatic N) is 2. The van der Waals surface area contributed by atoms with E-state index in [-0.39, 0.29) is 18.4 Å². The molecular formula is C29H34F3N3O4. The molecule has 3 N–H and O–H groups in total. The van der Waals surface area contributed by atoms with Crippen molar-refractivity contribution in [3.8, 4) is 11.5 Å². The number of ether oxygens (including phenoxy) is 2. The van der Waals surface area contributed by atoms with Crippen LogP contribution >= 0.6 is 0 Å². The van der Waals surface area contributed by atoms with Gasteiger partial charge >= 0.3 is 5.97 Å². The number of halogens is 3. The molecule has 10 heteroatoms. The molecule has 0 bridgehead atoms. The fraction of sp³-hybridized carbons (Fsp3) is 0.448. The van der Waals surface area contributed by atoms with Crippen molar-refractivity contribution >= 4 is 16.9 Å². The van der Waals surface area contributed by atoms with E-state index in [0.29, 0.717) is 45.1 Å². The van der Waals surface area contributed by atoms with Gasteiger partial charge in [0.1, 0.15) is 18.2 Å². The van der Waals surface area contributed by atoms with E-state index in [4.69, 9.17) is 15.2 Å². The molecule has 2 aromatic carbocycles. The van der Waals surface area contributed by atoms with E-state index in [2.05, 4.69) is 9.88 Å². The standard InChI is InChI=1S/C29H34F3N3O4/c1-38-21-4-5-25-23(15-21)22(19(17-33)18-34-25)3-2-6-29(16-27(36)37)7-9-35(10-8-29)11-12-39-26-14-20(30)13-24(31)28(26)32/h4-5,13-15,18H,2-3,6-12,16-17,33H2,1H3,(H,36,37).